The van der Waals surface area contributed by atoms with Crippen molar-refractivity contribution >= 4 is 55.7 Å². The Morgan fingerprint density at radius 2 is 1.16 bits per heavy atom. The first-order chi connectivity index (χ1) is 18.4. The van der Waals surface area contributed by atoms with Gasteiger partial charge in [-0.3, -0.25) is 0 Å². The lowest BCUT2D eigenvalue weighted by Crippen LogP contribution is -2.16. The molecule has 2 N–H and O–H groups in total. The predicted molar refractivity (Wildman–Crippen MR) is 155 cm³/mol. The van der Waals surface area contributed by atoms with Gasteiger partial charge in [0.05, 0.1) is 9.75 Å². The highest BCUT2D eigenvalue weighted by molar-refractivity contribution is 7.25. The second-order valence-corrected chi connectivity index (χ2v) is 10.1. The first-order valence-electron chi connectivity index (χ1n) is 11.4. The number of hydrogen-bond donors (Lipinski definition) is 2. The van der Waals surface area contributed by atoms with Gasteiger partial charge < -0.3 is 20.0 Å². The molecule has 0 radical (unpaired) electrons. The molecule has 0 unspecified atom stereocenters. The Hall–Kier alpha value is -4.42. The topological polar surface area (TPSA) is 122 Å². The molecular weight excluding hydrogens is 520 g/mol. The fourth-order valence-electron chi connectivity index (χ4n) is 3.31. The van der Waals surface area contributed by atoms with Gasteiger partial charge in [0.15, 0.2) is 0 Å². The monoisotopic (exact) mass is 546 g/mol. The summed E-state index contributed by atoms with van der Waals surface area (Å²) in [6, 6.07) is 10.4. The molecule has 0 aliphatic heterocycles. The molecule has 2 aromatic heterocycles. The molecule has 4 aromatic rings. The Labute approximate surface area is 228 Å². The number of likely N-dealkylation sites (N-methyl/N-ethyl adjacent to an activating group) is 2. The zero-order valence-corrected chi connectivity index (χ0v) is 22.5. The normalized spacial score (nSPS) is 11.3. The molecule has 194 valence electrons. The zero-order valence-electron chi connectivity index (χ0n) is 20.9. The Morgan fingerprint density at radius 3 is 1.53 bits per heavy atom. The molecular formula is C26H26N8O2S2. The van der Waals surface area contributed by atoms with E-state index in [1.54, 1.807) is 48.8 Å². The number of aromatic nitrogens is 2. The van der Waals surface area contributed by atoms with Crippen molar-refractivity contribution in [2.75, 3.05) is 37.0 Å². The molecule has 0 atom stereocenters. The van der Waals surface area contributed by atoms with Crippen molar-refractivity contribution in [3.8, 4) is 21.3 Å². The van der Waals surface area contributed by atoms with E-state index in [1.807, 2.05) is 36.0 Å². The molecule has 0 fully saturated rings. The summed E-state index contributed by atoms with van der Waals surface area (Å²) in [6.07, 6.45) is 6.94. The van der Waals surface area contributed by atoms with Crippen LogP contribution in [0.2, 0.25) is 0 Å². The van der Waals surface area contributed by atoms with Crippen molar-refractivity contribution in [2.24, 2.45) is 20.5 Å². The number of nitrogens with zero attached hydrogens (tertiary/aromatic N) is 8. The number of anilines is 2. The highest BCUT2D eigenvalue weighted by atomic mass is 32.1. The van der Waals surface area contributed by atoms with Gasteiger partial charge in [-0.1, -0.05) is 34.8 Å². The van der Waals surface area contributed by atoms with E-state index in [0.29, 0.717) is 34.7 Å². The van der Waals surface area contributed by atoms with Crippen molar-refractivity contribution in [3.05, 3.63) is 74.1 Å². The van der Waals surface area contributed by atoms with Crippen LogP contribution in [0.1, 0.15) is 0 Å². The van der Waals surface area contributed by atoms with E-state index in [4.69, 9.17) is 0 Å². The van der Waals surface area contributed by atoms with Crippen LogP contribution >= 0.6 is 22.7 Å². The molecule has 38 heavy (non-hydrogen) atoms. The number of phenolic OH excluding ortho intramolecular Hbond substituents is 2. The molecule has 0 saturated carbocycles. The summed E-state index contributed by atoms with van der Waals surface area (Å²) in [5.41, 5.74) is 2.39. The largest absolute Gasteiger partial charge is 0.506 e. The van der Waals surface area contributed by atoms with Gasteiger partial charge in [-0.2, -0.15) is 0 Å². The molecule has 2 aromatic carbocycles. The van der Waals surface area contributed by atoms with Crippen molar-refractivity contribution < 1.29 is 10.2 Å². The number of hydrogen-bond acceptors (Lipinski definition) is 12. The van der Waals surface area contributed by atoms with Gasteiger partial charge in [-0.05, 0) is 24.3 Å². The van der Waals surface area contributed by atoms with E-state index in [9.17, 15) is 10.2 Å². The summed E-state index contributed by atoms with van der Waals surface area (Å²) < 4.78 is 0. The third kappa shape index (κ3) is 6.47. The van der Waals surface area contributed by atoms with Crippen LogP contribution in [0, 0.1) is 0 Å². The molecule has 0 saturated heterocycles. The minimum atomic E-state index is 0.0286. The van der Waals surface area contributed by atoms with Crippen LogP contribution in [0.4, 0.5) is 33.0 Å². The van der Waals surface area contributed by atoms with Crippen LogP contribution in [-0.2, 0) is 0 Å². The molecule has 12 heteroatoms. The number of phenols is 2. The molecule has 10 nitrogen and oxygen atoms in total. The molecule has 0 bridgehead atoms. The quantitative estimate of drug-likeness (QED) is 0.146. The average Bonchev–Trinajstić information content (AvgIpc) is 3.57. The molecule has 4 rings (SSSR count). The van der Waals surface area contributed by atoms with E-state index in [2.05, 4.69) is 43.6 Å². The standard InChI is InChI=1S/C26H26N8O2S2/c1-5-11-33(3)17-7-9-19(21(35)13-17)29-31-25-27-15-23(37-25)24-16-28-26(38-24)32-30-20-10-8-18(14-22(20)36)34(4)12-6-2/h5-10,13-16,35-36H,1-2,11-12H2,3-4H3. The Balaban J connectivity index is 1.42. The fourth-order valence-corrected chi connectivity index (χ4v) is 4.84. The first kappa shape index (κ1) is 26.6. The lowest BCUT2D eigenvalue weighted by atomic mass is 10.2. The number of rotatable bonds is 11. The highest BCUT2D eigenvalue weighted by Crippen LogP contribution is 2.39. The van der Waals surface area contributed by atoms with E-state index in [1.165, 1.54) is 22.7 Å². The summed E-state index contributed by atoms with van der Waals surface area (Å²) in [5.74, 6) is 0.0572. The van der Waals surface area contributed by atoms with Crippen LogP contribution in [0.15, 0.2) is 94.6 Å². The van der Waals surface area contributed by atoms with Gasteiger partial charge in [-0.15, -0.1) is 33.6 Å². The SMILES string of the molecule is C=CCN(C)c1ccc(N=Nc2ncc(-c3cnc(N=Nc4ccc(N(C)CC=C)cc4O)s3)s2)c(O)c1. The van der Waals surface area contributed by atoms with E-state index < -0.39 is 0 Å². The van der Waals surface area contributed by atoms with E-state index in [0.717, 1.165) is 21.1 Å². The predicted octanol–water partition coefficient (Wildman–Crippen LogP) is 7.75. The third-order valence-corrected chi connectivity index (χ3v) is 7.28. The van der Waals surface area contributed by atoms with E-state index in [-0.39, 0.29) is 11.5 Å². The van der Waals surface area contributed by atoms with Crippen LogP contribution in [0.5, 0.6) is 11.5 Å². The van der Waals surface area contributed by atoms with Crippen molar-refractivity contribution in [1.29, 1.82) is 0 Å². The summed E-state index contributed by atoms with van der Waals surface area (Å²) in [7, 11) is 3.82. The average molecular weight is 547 g/mol. The lowest BCUT2D eigenvalue weighted by molar-refractivity contribution is 0.476. The zero-order chi connectivity index (χ0) is 27.1. The first-order valence-corrected chi connectivity index (χ1v) is 13.1. The van der Waals surface area contributed by atoms with Crippen LogP contribution in [-0.4, -0.2) is 47.4 Å². The summed E-state index contributed by atoms with van der Waals surface area (Å²) in [5, 5.41) is 38.1. The van der Waals surface area contributed by atoms with Gasteiger partial charge in [0, 0.05) is 63.1 Å². The second-order valence-electron chi connectivity index (χ2n) is 8.10. The van der Waals surface area contributed by atoms with E-state index >= 15 is 0 Å². The van der Waals surface area contributed by atoms with Crippen LogP contribution < -0.4 is 9.80 Å². The fraction of sp³-hybridized carbons (Fsp3) is 0.154. The molecule has 0 aliphatic carbocycles. The van der Waals surface area contributed by atoms with Gasteiger partial charge in [0.25, 0.3) is 0 Å². The second kappa shape index (κ2) is 12.2. The van der Waals surface area contributed by atoms with Crippen molar-refractivity contribution in [2.45, 2.75) is 0 Å². The summed E-state index contributed by atoms with van der Waals surface area (Å²) in [4.78, 5) is 14.2. The number of benzene rings is 2. The maximum Gasteiger partial charge on any atom is 0.230 e. The summed E-state index contributed by atoms with van der Waals surface area (Å²) in [6.45, 7) is 8.76. The molecule has 2 heterocycles. The lowest BCUT2D eigenvalue weighted by Gasteiger charge is -2.17. The van der Waals surface area contributed by atoms with Gasteiger partial charge in [0.1, 0.15) is 22.9 Å². The number of aromatic hydroxyl groups is 2. The molecule has 0 amide bonds. The maximum absolute atomic E-state index is 10.3. The third-order valence-electron chi connectivity index (χ3n) is 5.32. The Kier molecular flexibility index (Phi) is 8.56. The smallest absolute Gasteiger partial charge is 0.230 e. The Bertz CT molecular complexity index is 1380. The molecule has 0 spiro atoms. The minimum Gasteiger partial charge on any atom is -0.506 e. The molecule has 0 aliphatic rings. The van der Waals surface area contributed by atoms with Gasteiger partial charge in [0.2, 0.25) is 10.3 Å². The maximum atomic E-state index is 10.3. The van der Waals surface area contributed by atoms with Crippen molar-refractivity contribution in [3.63, 3.8) is 0 Å². The van der Waals surface area contributed by atoms with Crippen molar-refractivity contribution in [1.82, 2.24) is 9.97 Å². The minimum absolute atomic E-state index is 0.0286. The van der Waals surface area contributed by atoms with Crippen LogP contribution in [0.25, 0.3) is 9.75 Å². The van der Waals surface area contributed by atoms with Gasteiger partial charge >= 0.3 is 0 Å². The number of thiazole rings is 2. The summed E-state index contributed by atoms with van der Waals surface area (Å²) >= 11 is 2.68. The Morgan fingerprint density at radius 1 is 0.737 bits per heavy atom. The van der Waals surface area contributed by atoms with Crippen LogP contribution in [0.3, 0.4) is 0 Å². The van der Waals surface area contributed by atoms with Gasteiger partial charge in [-0.25, -0.2) is 9.97 Å². The number of azo groups is 2. The highest BCUT2D eigenvalue weighted by Gasteiger charge is 2.10.